The van der Waals surface area contributed by atoms with Gasteiger partial charge in [-0.25, -0.2) is 4.98 Å². The zero-order valence-electron chi connectivity index (χ0n) is 7.34. The van der Waals surface area contributed by atoms with E-state index in [0.29, 0.717) is 5.69 Å². The number of nitrogens with zero attached hydrogens (tertiary/aromatic N) is 2. The van der Waals surface area contributed by atoms with Crippen LogP contribution in [0.25, 0.3) is 6.08 Å². The quantitative estimate of drug-likeness (QED) is 0.778. The summed E-state index contributed by atoms with van der Waals surface area (Å²) in [6.07, 6.45) is 4.67. The van der Waals surface area contributed by atoms with Crippen molar-refractivity contribution in [3.8, 4) is 6.07 Å². The molecule has 0 spiro atoms. The number of pyridine rings is 1. The van der Waals surface area contributed by atoms with Gasteiger partial charge in [0.25, 0.3) is 0 Å². The summed E-state index contributed by atoms with van der Waals surface area (Å²) in [6.45, 7) is 0. The molecule has 0 unspecified atom stereocenters. The number of rotatable bonds is 3. The normalized spacial score (nSPS) is 9.93. The van der Waals surface area contributed by atoms with Crippen LogP contribution in [-0.4, -0.2) is 16.1 Å². The summed E-state index contributed by atoms with van der Waals surface area (Å²) in [4.78, 5) is 14.0. The lowest BCUT2D eigenvalue weighted by molar-refractivity contribution is -0.135. The minimum atomic E-state index is -0.879. The van der Waals surface area contributed by atoms with Crippen LogP contribution >= 0.6 is 0 Å². The van der Waals surface area contributed by atoms with Gasteiger partial charge in [0.2, 0.25) is 0 Å². The monoisotopic (exact) mass is 188 g/mol. The summed E-state index contributed by atoms with van der Waals surface area (Å²) in [6, 6.07) is 5.21. The van der Waals surface area contributed by atoms with Crippen LogP contribution in [0.15, 0.2) is 24.4 Å². The van der Waals surface area contributed by atoms with Gasteiger partial charge in [0.1, 0.15) is 11.8 Å². The van der Waals surface area contributed by atoms with E-state index in [1.165, 1.54) is 12.3 Å². The van der Waals surface area contributed by atoms with Crippen LogP contribution in [0, 0.1) is 11.3 Å². The molecule has 14 heavy (non-hydrogen) atoms. The average Bonchev–Trinajstić information content (AvgIpc) is 2.18. The van der Waals surface area contributed by atoms with Crippen LogP contribution in [-0.2, 0) is 4.79 Å². The van der Waals surface area contributed by atoms with Crippen molar-refractivity contribution in [3.63, 3.8) is 0 Å². The summed E-state index contributed by atoms with van der Waals surface area (Å²) < 4.78 is 0. The Morgan fingerprint density at radius 1 is 1.71 bits per heavy atom. The van der Waals surface area contributed by atoms with Gasteiger partial charge in [-0.3, -0.25) is 4.79 Å². The molecule has 0 amide bonds. The molecule has 70 valence electrons. The van der Waals surface area contributed by atoms with Crippen molar-refractivity contribution in [3.05, 3.63) is 35.7 Å². The van der Waals surface area contributed by atoms with E-state index in [1.807, 2.05) is 6.07 Å². The van der Waals surface area contributed by atoms with Gasteiger partial charge in [-0.15, -0.1) is 0 Å². The first-order valence-electron chi connectivity index (χ1n) is 3.97. The second-order valence-corrected chi connectivity index (χ2v) is 2.59. The van der Waals surface area contributed by atoms with Crippen LogP contribution in [0.2, 0.25) is 0 Å². The molecule has 1 heterocycles. The highest BCUT2D eigenvalue weighted by atomic mass is 16.4. The van der Waals surface area contributed by atoms with Gasteiger partial charge in [-0.2, -0.15) is 5.26 Å². The van der Waals surface area contributed by atoms with Gasteiger partial charge < -0.3 is 5.11 Å². The van der Waals surface area contributed by atoms with Gasteiger partial charge in [-0.1, -0.05) is 12.2 Å². The maximum atomic E-state index is 10.2. The van der Waals surface area contributed by atoms with Gasteiger partial charge in [0, 0.05) is 6.20 Å². The molecule has 0 aliphatic carbocycles. The molecule has 1 rings (SSSR count). The Balaban J connectivity index is 2.72. The molecule has 1 aromatic rings. The van der Waals surface area contributed by atoms with Gasteiger partial charge >= 0.3 is 5.97 Å². The first-order valence-corrected chi connectivity index (χ1v) is 3.97. The maximum Gasteiger partial charge on any atom is 0.307 e. The Bertz CT molecular complexity index is 405. The Labute approximate surface area is 81.1 Å². The summed E-state index contributed by atoms with van der Waals surface area (Å²) in [5.74, 6) is -0.879. The lowest BCUT2D eigenvalue weighted by Gasteiger charge is -1.92. The molecule has 4 heteroatoms. The first-order chi connectivity index (χ1) is 6.72. The first kappa shape index (κ1) is 9.93. The third-order valence-corrected chi connectivity index (χ3v) is 1.50. The van der Waals surface area contributed by atoms with Gasteiger partial charge in [0.05, 0.1) is 6.42 Å². The zero-order chi connectivity index (χ0) is 10.4. The van der Waals surface area contributed by atoms with Crippen molar-refractivity contribution in [1.82, 2.24) is 4.98 Å². The average molecular weight is 188 g/mol. The minimum Gasteiger partial charge on any atom is -0.481 e. The number of hydrogen-bond donors (Lipinski definition) is 1. The molecule has 4 nitrogen and oxygen atoms in total. The topological polar surface area (TPSA) is 74.0 Å². The standard InChI is InChI=1S/C10H8N2O2/c11-7-9-6-8(4-5-12-9)2-1-3-10(13)14/h1-2,4-6H,3H2,(H,13,14). The molecule has 0 radical (unpaired) electrons. The molecule has 0 bridgehead atoms. The highest BCUT2D eigenvalue weighted by molar-refractivity contribution is 5.70. The Morgan fingerprint density at radius 3 is 3.14 bits per heavy atom. The SMILES string of the molecule is N#Cc1cc(C=CCC(=O)O)ccn1. The van der Waals surface area contributed by atoms with Crippen LogP contribution < -0.4 is 0 Å². The third kappa shape index (κ3) is 3.07. The van der Waals surface area contributed by atoms with Crippen molar-refractivity contribution in [2.75, 3.05) is 0 Å². The zero-order valence-corrected chi connectivity index (χ0v) is 7.34. The van der Waals surface area contributed by atoms with Crippen molar-refractivity contribution in [2.45, 2.75) is 6.42 Å². The van der Waals surface area contributed by atoms with E-state index in [0.717, 1.165) is 5.56 Å². The van der Waals surface area contributed by atoms with Crippen LogP contribution in [0.1, 0.15) is 17.7 Å². The number of aromatic nitrogens is 1. The molecule has 1 N–H and O–H groups in total. The molecule has 0 aliphatic rings. The number of hydrogen-bond acceptors (Lipinski definition) is 3. The predicted octanol–water partition coefficient (Wildman–Crippen LogP) is 1.44. The molecule has 0 aliphatic heterocycles. The highest BCUT2D eigenvalue weighted by Gasteiger charge is 1.93. The fourth-order valence-electron chi connectivity index (χ4n) is 0.908. The minimum absolute atomic E-state index is 0.0236. The van der Waals surface area contributed by atoms with Crippen molar-refractivity contribution in [1.29, 1.82) is 5.26 Å². The van der Waals surface area contributed by atoms with Gasteiger partial charge in [0.15, 0.2) is 0 Å². The predicted molar refractivity (Wildman–Crippen MR) is 50.2 cm³/mol. The summed E-state index contributed by atoms with van der Waals surface area (Å²) in [5.41, 5.74) is 1.10. The fourth-order valence-corrected chi connectivity index (χ4v) is 0.908. The van der Waals surface area contributed by atoms with E-state index >= 15 is 0 Å². The molecule has 0 atom stereocenters. The van der Waals surface area contributed by atoms with E-state index in [1.54, 1.807) is 18.2 Å². The number of carbonyl (C=O) groups is 1. The third-order valence-electron chi connectivity index (χ3n) is 1.50. The number of carboxylic acids is 1. The summed E-state index contributed by atoms with van der Waals surface area (Å²) >= 11 is 0. The number of carboxylic acid groups (broad SMARTS) is 1. The highest BCUT2D eigenvalue weighted by Crippen LogP contribution is 2.03. The van der Waals surface area contributed by atoms with Crippen molar-refractivity contribution in [2.24, 2.45) is 0 Å². The van der Waals surface area contributed by atoms with E-state index in [-0.39, 0.29) is 6.42 Å². The Kier molecular flexibility index (Phi) is 3.39. The number of nitriles is 1. The molecule has 1 aromatic heterocycles. The summed E-state index contributed by atoms with van der Waals surface area (Å²) in [7, 11) is 0. The van der Waals surface area contributed by atoms with E-state index in [4.69, 9.17) is 10.4 Å². The molecule has 0 saturated carbocycles. The smallest absolute Gasteiger partial charge is 0.307 e. The van der Waals surface area contributed by atoms with Crippen molar-refractivity contribution < 1.29 is 9.90 Å². The maximum absolute atomic E-state index is 10.2. The molecule has 0 fully saturated rings. The largest absolute Gasteiger partial charge is 0.481 e. The van der Waals surface area contributed by atoms with Gasteiger partial charge in [-0.05, 0) is 17.7 Å². The molecular formula is C10H8N2O2. The second kappa shape index (κ2) is 4.77. The lowest BCUT2D eigenvalue weighted by atomic mass is 10.2. The molecule has 0 aromatic carbocycles. The molecular weight excluding hydrogens is 180 g/mol. The van der Waals surface area contributed by atoms with Crippen LogP contribution in [0.5, 0.6) is 0 Å². The van der Waals surface area contributed by atoms with E-state index in [9.17, 15) is 4.79 Å². The van der Waals surface area contributed by atoms with E-state index in [2.05, 4.69) is 4.98 Å². The second-order valence-electron chi connectivity index (χ2n) is 2.59. The number of aliphatic carboxylic acids is 1. The van der Waals surface area contributed by atoms with Crippen LogP contribution in [0.4, 0.5) is 0 Å². The Hall–Kier alpha value is -2.15. The lowest BCUT2D eigenvalue weighted by Crippen LogP contribution is -1.89. The Morgan fingerprint density at radius 2 is 2.50 bits per heavy atom. The van der Waals surface area contributed by atoms with Crippen LogP contribution in [0.3, 0.4) is 0 Å². The molecule has 0 saturated heterocycles. The fraction of sp³-hybridized carbons (Fsp3) is 0.100. The van der Waals surface area contributed by atoms with Crippen molar-refractivity contribution >= 4 is 12.0 Å². The summed E-state index contributed by atoms with van der Waals surface area (Å²) in [5, 5.41) is 16.9. The van der Waals surface area contributed by atoms with E-state index < -0.39 is 5.97 Å².